The van der Waals surface area contributed by atoms with Gasteiger partial charge >= 0.3 is 0 Å². The van der Waals surface area contributed by atoms with E-state index in [1.807, 2.05) is 52.8 Å². The van der Waals surface area contributed by atoms with Crippen molar-refractivity contribution in [1.29, 1.82) is 0 Å². The summed E-state index contributed by atoms with van der Waals surface area (Å²) in [5, 5.41) is 10.4. The van der Waals surface area contributed by atoms with Crippen molar-refractivity contribution >= 4 is 23.3 Å². The molecule has 33 heavy (non-hydrogen) atoms. The quantitative estimate of drug-likeness (QED) is 0.508. The molecule has 2 aromatic heterocycles. The Hall–Kier alpha value is -3.74. The summed E-state index contributed by atoms with van der Waals surface area (Å²) in [5.74, 6) is -0.455. The molecule has 7 heteroatoms. The molecule has 3 aromatic rings. The van der Waals surface area contributed by atoms with Crippen molar-refractivity contribution in [2.75, 3.05) is 10.2 Å². The number of anilines is 2. The molecule has 0 aliphatic rings. The molecule has 2 N–H and O–H groups in total. The van der Waals surface area contributed by atoms with E-state index in [1.54, 1.807) is 30.6 Å². The summed E-state index contributed by atoms with van der Waals surface area (Å²) >= 11 is 0. The summed E-state index contributed by atoms with van der Waals surface area (Å²) in [5.41, 5.74) is 3.92. The van der Waals surface area contributed by atoms with E-state index in [9.17, 15) is 9.59 Å². The van der Waals surface area contributed by atoms with Crippen LogP contribution in [0.3, 0.4) is 0 Å². The lowest BCUT2D eigenvalue weighted by molar-refractivity contribution is -0.121. The van der Waals surface area contributed by atoms with Crippen molar-refractivity contribution in [3.05, 3.63) is 83.8 Å². The lowest BCUT2D eigenvalue weighted by Gasteiger charge is -2.29. The van der Waals surface area contributed by atoms with Crippen molar-refractivity contribution in [2.45, 2.75) is 52.5 Å². The summed E-state index contributed by atoms with van der Waals surface area (Å²) in [6.45, 7) is 13.8. The van der Waals surface area contributed by atoms with E-state index in [2.05, 4.69) is 27.1 Å². The fourth-order valence-electron chi connectivity index (χ4n) is 3.64. The molecular formula is C26H31N5O2. The smallest absolute Gasteiger partial charge is 0.252 e. The van der Waals surface area contributed by atoms with Crippen LogP contribution >= 0.6 is 0 Å². The van der Waals surface area contributed by atoms with Gasteiger partial charge in [-0.15, -0.1) is 0 Å². The summed E-state index contributed by atoms with van der Waals surface area (Å²) in [6, 6.07) is 10.2. The molecule has 0 aliphatic carbocycles. The molecule has 0 radical (unpaired) electrons. The molecule has 1 aromatic carbocycles. The molecule has 172 valence electrons. The Bertz CT molecular complexity index is 1140. The molecule has 0 spiro atoms. The minimum atomic E-state index is -0.996. The number of H-pyrrole nitrogens is 1. The second-order valence-corrected chi connectivity index (χ2v) is 8.94. The highest BCUT2D eigenvalue weighted by Gasteiger charge is 2.34. The van der Waals surface area contributed by atoms with Crippen molar-refractivity contribution in [3.63, 3.8) is 0 Å². The van der Waals surface area contributed by atoms with Gasteiger partial charge in [0.1, 0.15) is 6.04 Å². The van der Waals surface area contributed by atoms with Crippen molar-refractivity contribution in [1.82, 2.24) is 15.2 Å². The van der Waals surface area contributed by atoms with Gasteiger partial charge in [0, 0.05) is 40.8 Å². The second-order valence-electron chi connectivity index (χ2n) is 8.94. The van der Waals surface area contributed by atoms with E-state index < -0.39 is 11.9 Å². The Morgan fingerprint density at radius 2 is 2.00 bits per heavy atom. The Balaban J connectivity index is 2.12. The lowest BCUT2D eigenvalue weighted by Crippen LogP contribution is -2.41. The number of carbonyl (C=O) groups is 2. The highest BCUT2D eigenvalue weighted by atomic mass is 16.2. The van der Waals surface area contributed by atoms with E-state index >= 15 is 0 Å². The molecule has 1 atom stereocenters. The third kappa shape index (κ3) is 5.19. The maximum absolute atomic E-state index is 13.8. The molecule has 2 amide bonds. The molecule has 7 nitrogen and oxygen atoms in total. The number of aromatic amines is 1. The van der Waals surface area contributed by atoms with Crippen LogP contribution in [0.15, 0.2) is 61.4 Å². The van der Waals surface area contributed by atoms with Crippen LogP contribution in [0, 0.1) is 6.92 Å². The molecule has 0 bridgehead atoms. The van der Waals surface area contributed by atoms with Crippen molar-refractivity contribution < 1.29 is 9.59 Å². The van der Waals surface area contributed by atoms with Gasteiger partial charge < -0.3 is 5.32 Å². The minimum absolute atomic E-state index is 0.211. The average molecular weight is 446 g/mol. The van der Waals surface area contributed by atoms with Crippen LogP contribution in [0.25, 0.3) is 0 Å². The first-order valence-corrected chi connectivity index (χ1v) is 11.0. The number of pyridine rings is 1. The lowest BCUT2D eigenvalue weighted by atomic mass is 9.92. The topological polar surface area (TPSA) is 91.0 Å². The van der Waals surface area contributed by atoms with Gasteiger partial charge in [-0.25, -0.2) is 0 Å². The molecule has 0 fully saturated rings. The molecule has 3 rings (SSSR count). The number of aryl methyl sites for hydroxylation is 2. The van der Waals surface area contributed by atoms with Crippen LogP contribution in [-0.2, 0) is 21.4 Å². The van der Waals surface area contributed by atoms with E-state index in [4.69, 9.17) is 0 Å². The average Bonchev–Trinajstić information content (AvgIpc) is 3.29. The zero-order valence-electron chi connectivity index (χ0n) is 19.8. The third-order valence-corrected chi connectivity index (χ3v) is 5.53. The van der Waals surface area contributed by atoms with E-state index in [0.29, 0.717) is 11.4 Å². The number of hydrogen-bond acceptors (Lipinski definition) is 4. The second kappa shape index (κ2) is 9.81. The van der Waals surface area contributed by atoms with E-state index in [0.717, 1.165) is 28.9 Å². The minimum Gasteiger partial charge on any atom is -0.323 e. The normalized spacial score (nSPS) is 12.2. The summed E-state index contributed by atoms with van der Waals surface area (Å²) < 4.78 is 0. The van der Waals surface area contributed by atoms with Gasteiger partial charge in [0.15, 0.2) is 5.82 Å². The van der Waals surface area contributed by atoms with E-state index in [1.165, 1.54) is 11.0 Å². The van der Waals surface area contributed by atoms with Crippen molar-refractivity contribution in [3.8, 4) is 0 Å². The Morgan fingerprint density at radius 3 is 2.58 bits per heavy atom. The fraction of sp³-hybridized carbons (Fsp3) is 0.308. The first-order valence-electron chi connectivity index (χ1n) is 11.0. The first kappa shape index (κ1) is 23.9. The number of amides is 2. The number of nitrogens with zero attached hydrogens (tertiary/aromatic N) is 3. The van der Waals surface area contributed by atoms with Crippen LogP contribution in [0.1, 0.15) is 56.1 Å². The van der Waals surface area contributed by atoms with Gasteiger partial charge in [0.05, 0.1) is 0 Å². The Morgan fingerprint density at radius 1 is 1.24 bits per heavy atom. The van der Waals surface area contributed by atoms with Crippen LogP contribution in [-0.4, -0.2) is 27.0 Å². The summed E-state index contributed by atoms with van der Waals surface area (Å²) in [6.07, 6.45) is 5.16. The largest absolute Gasteiger partial charge is 0.323 e. The highest BCUT2D eigenvalue weighted by molar-refractivity contribution is 6.08. The maximum Gasteiger partial charge on any atom is 0.252 e. The van der Waals surface area contributed by atoms with Gasteiger partial charge in [0.25, 0.3) is 11.8 Å². The number of carbonyl (C=O) groups excluding carboxylic acids is 2. The van der Waals surface area contributed by atoms with E-state index in [-0.39, 0.29) is 11.3 Å². The fourth-order valence-corrected chi connectivity index (χ4v) is 3.64. The van der Waals surface area contributed by atoms with Crippen LogP contribution < -0.4 is 10.2 Å². The van der Waals surface area contributed by atoms with Gasteiger partial charge in [0.2, 0.25) is 0 Å². The zero-order chi connectivity index (χ0) is 24.2. The molecule has 0 saturated carbocycles. The van der Waals surface area contributed by atoms with Crippen LogP contribution in [0.5, 0.6) is 0 Å². The summed E-state index contributed by atoms with van der Waals surface area (Å²) in [7, 11) is 0. The molecule has 0 saturated heterocycles. The SMILES string of the molecule is C=CC(=O)N(c1cc(C(C)(C)C)[nH]n1)C(C(=O)Nc1c(C)cccc1CC)c1cccnc1. The number of nitrogens with one attached hydrogen (secondary N) is 2. The van der Waals surface area contributed by atoms with Gasteiger partial charge in [-0.2, -0.15) is 5.10 Å². The van der Waals surface area contributed by atoms with Gasteiger partial charge in [-0.05, 0) is 36.6 Å². The highest BCUT2D eigenvalue weighted by Crippen LogP contribution is 2.32. The Kier molecular flexibility index (Phi) is 7.11. The molecule has 2 heterocycles. The van der Waals surface area contributed by atoms with Crippen LogP contribution in [0.2, 0.25) is 0 Å². The first-order chi connectivity index (χ1) is 15.7. The van der Waals surface area contributed by atoms with Crippen LogP contribution in [0.4, 0.5) is 11.5 Å². The number of aromatic nitrogens is 3. The van der Waals surface area contributed by atoms with Gasteiger partial charge in [-0.3, -0.25) is 24.6 Å². The molecule has 1 unspecified atom stereocenters. The molecule has 0 aliphatic heterocycles. The summed E-state index contributed by atoms with van der Waals surface area (Å²) in [4.78, 5) is 32.4. The number of rotatable bonds is 7. The Labute approximate surface area is 194 Å². The zero-order valence-corrected chi connectivity index (χ0v) is 19.8. The third-order valence-electron chi connectivity index (χ3n) is 5.53. The number of para-hydroxylation sites is 1. The molecular weight excluding hydrogens is 414 g/mol. The van der Waals surface area contributed by atoms with Crippen molar-refractivity contribution in [2.24, 2.45) is 0 Å². The predicted octanol–water partition coefficient (Wildman–Crippen LogP) is 4.87. The number of benzene rings is 1. The monoisotopic (exact) mass is 445 g/mol. The van der Waals surface area contributed by atoms with Gasteiger partial charge in [-0.1, -0.05) is 58.5 Å². The number of hydrogen-bond donors (Lipinski definition) is 2. The predicted molar refractivity (Wildman–Crippen MR) is 131 cm³/mol. The standard InChI is InChI=1S/C26H31N5O2/c1-7-18-12-9-11-17(3)23(18)28-25(33)24(19-13-10-14-27-16-19)31(22(32)8-2)21-15-20(29-30-21)26(4,5)6/h8-16,24H,2,7H2,1,3-6H3,(H,28,33)(H,29,30). The maximum atomic E-state index is 13.8.